The molecule has 1 fully saturated rings. The van der Waals surface area contributed by atoms with E-state index < -0.39 is 22.0 Å². The summed E-state index contributed by atoms with van der Waals surface area (Å²) in [5.74, 6) is -0.428. The van der Waals surface area contributed by atoms with Gasteiger partial charge < -0.3 is 19.9 Å². The highest BCUT2D eigenvalue weighted by atomic mass is 32.2. The topological polar surface area (TPSA) is 104 Å². The van der Waals surface area contributed by atoms with Crippen molar-refractivity contribution in [2.24, 2.45) is 0 Å². The molecule has 0 aliphatic carbocycles. The van der Waals surface area contributed by atoms with Crippen LogP contribution in [0.1, 0.15) is 16.7 Å². The van der Waals surface area contributed by atoms with Gasteiger partial charge in [-0.15, -0.1) is 0 Å². The summed E-state index contributed by atoms with van der Waals surface area (Å²) in [6.45, 7) is 6.68. The Kier molecular flexibility index (Phi) is 7.51. The zero-order chi connectivity index (χ0) is 26.7. The van der Waals surface area contributed by atoms with Gasteiger partial charge in [0.2, 0.25) is 15.9 Å². The molecular formula is C29H32N4O4S. The zero-order valence-electron chi connectivity index (χ0n) is 21.5. The van der Waals surface area contributed by atoms with Crippen LogP contribution < -0.4 is 14.9 Å². The van der Waals surface area contributed by atoms with Gasteiger partial charge in [-0.2, -0.15) is 4.72 Å². The lowest BCUT2D eigenvalue weighted by molar-refractivity contribution is -0.117. The van der Waals surface area contributed by atoms with Gasteiger partial charge >= 0.3 is 0 Å². The standard InChI is InChI=1S/C29H32N4O4S/c1-20-7-12-28(21(2)17-20)38(35,36)32-27(18-22-19-30-26-6-4-3-5-25(22)26)29(34)31-23-8-10-24(11-9-23)33-13-15-37-16-14-33/h3-12,17,19,27,30,32H,13-16,18H2,1-2H3,(H,31,34). The monoisotopic (exact) mass is 532 g/mol. The number of nitrogens with one attached hydrogen (secondary N) is 3. The first kappa shape index (κ1) is 26.0. The van der Waals surface area contributed by atoms with Crippen LogP contribution in [0.15, 0.2) is 77.8 Å². The van der Waals surface area contributed by atoms with Crippen LogP contribution in [0.25, 0.3) is 10.9 Å². The number of benzene rings is 3. The summed E-state index contributed by atoms with van der Waals surface area (Å²) in [6.07, 6.45) is 2.01. The number of para-hydroxylation sites is 1. The third-order valence-corrected chi connectivity index (χ3v) is 8.48. The molecule has 0 radical (unpaired) electrons. The van der Waals surface area contributed by atoms with Crippen molar-refractivity contribution < 1.29 is 17.9 Å². The van der Waals surface area contributed by atoms with Crippen LogP contribution in [0.3, 0.4) is 0 Å². The highest BCUT2D eigenvalue weighted by Gasteiger charge is 2.28. The lowest BCUT2D eigenvalue weighted by atomic mass is 10.0. The lowest BCUT2D eigenvalue weighted by Gasteiger charge is -2.29. The predicted molar refractivity (Wildman–Crippen MR) is 150 cm³/mol. The first-order chi connectivity index (χ1) is 18.3. The predicted octanol–water partition coefficient (Wildman–Crippen LogP) is 4.15. The Morgan fingerprint density at radius 3 is 2.50 bits per heavy atom. The van der Waals surface area contributed by atoms with Crippen molar-refractivity contribution in [3.63, 3.8) is 0 Å². The van der Waals surface area contributed by atoms with E-state index in [-0.39, 0.29) is 11.3 Å². The fourth-order valence-electron chi connectivity index (χ4n) is 4.87. The number of fused-ring (bicyclic) bond motifs is 1. The van der Waals surface area contributed by atoms with Crippen LogP contribution in [0, 0.1) is 13.8 Å². The Labute approximate surface area is 223 Å². The summed E-state index contributed by atoms with van der Waals surface area (Å²) in [7, 11) is -3.96. The molecule has 1 aliphatic rings. The third kappa shape index (κ3) is 5.75. The van der Waals surface area contributed by atoms with Crippen molar-refractivity contribution in [2.75, 3.05) is 36.5 Å². The van der Waals surface area contributed by atoms with Crippen molar-refractivity contribution in [3.05, 3.63) is 89.6 Å². The molecule has 1 saturated heterocycles. The minimum absolute atomic E-state index is 0.162. The second-order valence-electron chi connectivity index (χ2n) is 9.64. The van der Waals surface area contributed by atoms with Crippen LogP contribution in [-0.4, -0.2) is 51.7 Å². The third-order valence-electron chi connectivity index (χ3n) is 6.84. The molecule has 1 aromatic heterocycles. The number of anilines is 2. The average molecular weight is 533 g/mol. The second-order valence-corrected chi connectivity index (χ2v) is 11.3. The molecule has 1 atom stereocenters. The molecule has 1 amide bonds. The van der Waals surface area contributed by atoms with Crippen LogP contribution in [0.2, 0.25) is 0 Å². The SMILES string of the molecule is Cc1ccc(S(=O)(=O)NC(Cc2c[nH]c3ccccc23)C(=O)Nc2ccc(N3CCOCC3)cc2)c(C)c1. The first-order valence-electron chi connectivity index (χ1n) is 12.7. The molecule has 8 nitrogen and oxygen atoms in total. The van der Waals surface area contributed by atoms with E-state index in [4.69, 9.17) is 4.74 Å². The molecule has 3 aromatic carbocycles. The Morgan fingerprint density at radius 2 is 1.76 bits per heavy atom. The molecule has 4 aromatic rings. The number of morpholine rings is 1. The molecule has 5 rings (SSSR count). The molecule has 0 bridgehead atoms. The van der Waals surface area contributed by atoms with E-state index in [9.17, 15) is 13.2 Å². The maximum atomic E-state index is 13.5. The van der Waals surface area contributed by atoms with Crippen LogP contribution in [0.5, 0.6) is 0 Å². The number of ether oxygens (including phenoxy) is 1. The maximum Gasteiger partial charge on any atom is 0.242 e. The summed E-state index contributed by atoms with van der Waals surface area (Å²) in [6, 6.07) is 19.5. The number of rotatable bonds is 8. The van der Waals surface area contributed by atoms with Gasteiger partial charge in [-0.1, -0.05) is 35.9 Å². The molecule has 0 saturated carbocycles. The lowest BCUT2D eigenvalue weighted by Crippen LogP contribution is -2.45. The van der Waals surface area contributed by atoms with E-state index >= 15 is 0 Å². The number of aryl methyl sites for hydroxylation is 2. The summed E-state index contributed by atoms with van der Waals surface area (Å²) < 4.78 is 35.0. The quantitative estimate of drug-likeness (QED) is 0.316. The average Bonchev–Trinajstić information content (AvgIpc) is 3.31. The van der Waals surface area contributed by atoms with Crippen LogP contribution in [0.4, 0.5) is 11.4 Å². The zero-order valence-corrected chi connectivity index (χ0v) is 22.3. The van der Waals surface area contributed by atoms with E-state index in [1.54, 1.807) is 19.1 Å². The minimum atomic E-state index is -3.96. The van der Waals surface area contributed by atoms with Crippen molar-refractivity contribution in [3.8, 4) is 0 Å². The number of hydrogen-bond donors (Lipinski definition) is 3. The van der Waals surface area contributed by atoms with Crippen molar-refractivity contribution in [1.29, 1.82) is 0 Å². The van der Waals surface area contributed by atoms with Crippen molar-refractivity contribution >= 4 is 38.2 Å². The van der Waals surface area contributed by atoms with Gasteiger partial charge in [0.25, 0.3) is 0 Å². The van der Waals surface area contributed by atoms with Crippen LogP contribution >= 0.6 is 0 Å². The Balaban J connectivity index is 1.40. The number of aromatic amines is 1. The number of nitrogens with zero attached hydrogens (tertiary/aromatic N) is 1. The Bertz CT molecular complexity index is 1540. The van der Waals surface area contributed by atoms with E-state index in [1.807, 2.05) is 67.7 Å². The van der Waals surface area contributed by atoms with E-state index in [1.165, 1.54) is 0 Å². The number of carbonyl (C=O) groups excluding carboxylic acids is 1. The van der Waals surface area contributed by atoms with E-state index in [0.29, 0.717) is 24.5 Å². The van der Waals surface area contributed by atoms with Gasteiger partial charge in [0.05, 0.1) is 18.1 Å². The van der Waals surface area contributed by atoms with Gasteiger partial charge in [0.15, 0.2) is 0 Å². The van der Waals surface area contributed by atoms with Crippen molar-refractivity contribution in [1.82, 2.24) is 9.71 Å². The second kappa shape index (κ2) is 11.0. The number of H-pyrrole nitrogens is 1. The Morgan fingerprint density at radius 1 is 1.03 bits per heavy atom. The summed E-state index contributed by atoms with van der Waals surface area (Å²) >= 11 is 0. The first-order valence-corrected chi connectivity index (χ1v) is 14.2. The molecule has 1 aliphatic heterocycles. The number of hydrogen-bond acceptors (Lipinski definition) is 5. The summed E-state index contributed by atoms with van der Waals surface area (Å²) in [5, 5.41) is 3.86. The maximum absolute atomic E-state index is 13.5. The highest BCUT2D eigenvalue weighted by molar-refractivity contribution is 7.89. The number of sulfonamides is 1. The molecule has 0 spiro atoms. The van der Waals surface area contributed by atoms with Gasteiger partial charge in [0.1, 0.15) is 6.04 Å². The molecule has 1 unspecified atom stereocenters. The molecule has 9 heteroatoms. The van der Waals surface area contributed by atoms with Gasteiger partial charge in [0, 0.05) is 41.6 Å². The highest BCUT2D eigenvalue weighted by Crippen LogP contribution is 2.23. The summed E-state index contributed by atoms with van der Waals surface area (Å²) in [5.41, 5.74) is 5.03. The fourth-order valence-corrected chi connectivity index (χ4v) is 6.29. The molecule has 2 heterocycles. The van der Waals surface area contributed by atoms with E-state index in [2.05, 4.69) is 19.9 Å². The van der Waals surface area contributed by atoms with Crippen LogP contribution in [-0.2, 0) is 26.0 Å². The van der Waals surface area contributed by atoms with Gasteiger partial charge in [-0.3, -0.25) is 4.79 Å². The van der Waals surface area contributed by atoms with E-state index in [0.717, 1.165) is 40.8 Å². The minimum Gasteiger partial charge on any atom is -0.378 e. The van der Waals surface area contributed by atoms with Gasteiger partial charge in [-0.25, -0.2) is 8.42 Å². The number of amides is 1. The smallest absolute Gasteiger partial charge is 0.242 e. The van der Waals surface area contributed by atoms with Crippen molar-refractivity contribution in [2.45, 2.75) is 31.2 Å². The Hall–Kier alpha value is -3.66. The summed E-state index contributed by atoms with van der Waals surface area (Å²) in [4.78, 5) is 19.1. The fraction of sp³-hybridized carbons (Fsp3) is 0.276. The molecular weight excluding hydrogens is 500 g/mol. The van der Waals surface area contributed by atoms with Gasteiger partial charge in [-0.05, 0) is 67.8 Å². The molecule has 3 N–H and O–H groups in total. The largest absolute Gasteiger partial charge is 0.378 e. The molecule has 38 heavy (non-hydrogen) atoms. The normalized spacial score (nSPS) is 14.9. The number of carbonyl (C=O) groups is 1. The number of aromatic nitrogens is 1. The molecule has 198 valence electrons.